The maximum Gasteiger partial charge on any atom is 0.341 e. The van der Waals surface area contributed by atoms with Crippen molar-refractivity contribution in [1.82, 2.24) is 0 Å². The topological polar surface area (TPSA) is 130 Å². The van der Waals surface area contributed by atoms with Crippen molar-refractivity contribution in [2.45, 2.75) is 6.92 Å². The Balaban J connectivity index is 2.79. The van der Waals surface area contributed by atoms with E-state index in [4.69, 9.17) is 18.9 Å². The molecule has 158 valence electrons. The third-order valence-electron chi connectivity index (χ3n) is 4.13. The Bertz CT molecular complexity index is 933. The highest BCUT2D eigenvalue weighted by atomic mass is 16.5. The number of rotatable bonds is 6. The van der Waals surface area contributed by atoms with Crippen LogP contribution in [0, 0.1) is 6.92 Å². The van der Waals surface area contributed by atoms with E-state index in [1.807, 2.05) is 19.1 Å². The van der Waals surface area contributed by atoms with Gasteiger partial charge in [0.1, 0.15) is 16.9 Å². The molecule has 0 amide bonds. The standard InChI is InChI=1S/C20H20N2O8/c1-10-6-8-11(9-7-10)21-22-16-14(19(25)29-4)12(17(23)27-2)13(18(24)28-3)15(16)20(26)30-5/h6-9,21H,1-5H3. The lowest BCUT2D eigenvalue weighted by Crippen LogP contribution is -2.21. The fourth-order valence-corrected chi connectivity index (χ4v) is 2.69. The average molecular weight is 416 g/mol. The predicted octanol–water partition coefficient (Wildman–Crippen LogP) is 1.06. The Hall–Kier alpha value is -3.95. The lowest BCUT2D eigenvalue weighted by atomic mass is 10.1. The molecular weight excluding hydrogens is 396 g/mol. The number of nitrogens with one attached hydrogen (secondary N) is 1. The molecule has 0 aliphatic heterocycles. The number of esters is 4. The number of hydrazone groups is 1. The molecule has 10 nitrogen and oxygen atoms in total. The molecule has 10 heteroatoms. The minimum absolute atomic E-state index is 0.324. The first-order valence-corrected chi connectivity index (χ1v) is 8.53. The number of hydrogen-bond donors (Lipinski definition) is 1. The minimum Gasteiger partial charge on any atom is -0.465 e. The van der Waals surface area contributed by atoms with Gasteiger partial charge in [0, 0.05) is 0 Å². The first-order chi connectivity index (χ1) is 14.3. The average Bonchev–Trinajstić information content (AvgIpc) is 3.11. The van der Waals surface area contributed by atoms with Crippen molar-refractivity contribution in [3.8, 4) is 0 Å². The van der Waals surface area contributed by atoms with Crippen LogP contribution in [-0.4, -0.2) is 58.0 Å². The summed E-state index contributed by atoms with van der Waals surface area (Å²) in [5, 5.41) is 4.09. The van der Waals surface area contributed by atoms with Crippen LogP contribution in [0.25, 0.3) is 0 Å². The summed E-state index contributed by atoms with van der Waals surface area (Å²) in [5.41, 5.74) is 1.98. The Morgan fingerprint density at radius 3 is 1.40 bits per heavy atom. The lowest BCUT2D eigenvalue weighted by molar-refractivity contribution is -0.140. The molecule has 0 saturated carbocycles. The second-order valence-electron chi connectivity index (χ2n) is 5.90. The number of benzene rings is 1. The molecule has 1 aromatic rings. The monoisotopic (exact) mass is 416 g/mol. The zero-order valence-corrected chi connectivity index (χ0v) is 17.0. The molecule has 1 aromatic carbocycles. The maximum absolute atomic E-state index is 12.5. The van der Waals surface area contributed by atoms with Crippen LogP contribution in [0.3, 0.4) is 0 Å². The zero-order valence-electron chi connectivity index (χ0n) is 17.0. The van der Waals surface area contributed by atoms with Gasteiger partial charge in [-0.05, 0) is 19.1 Å². The Morgan fingerprint density at radius 2 is 1.03 bits per heavy atom. The van der Waals surface area contributed by atoms with E-state index in [0.29, 0.717) is 5.69 Å². The second-order valence-corrected chi connectivity index (χ2v) is 5.90. The number of methoxy groups -OCH3 is 4. The Morgan fingerprint density at radius 1 is 0.667 bits per heavy atom. The fourth-order valence-electron chi connectivity index (χ4n) is 2.69. The van der Waals surface area contributed by atoms with Gasteiger partial charge in [-0.2, -0.15) is 5.10 Å². The molecule has 0 saturated heterocycles. The summed E-state index contributed by atoms with van der Waals surface area (Å²) < 4.78 is 18.9. The van der Waals surface area contributed by atoms with Gasteiger partial charge in [-0.1, -0.05) is 17.7 Å². The van der Waals surface area contributed by atoms with Crippen molar-refractivity contribution in [2.24, 2.45) is 5.10 Å². The van der Waals surface area contributed by atoms with Crippen molar-refractivity contribution in [3.05, 3.63) is 52.1 Å². The predicted molar refractivity (Wildman–Crippen MR) is 104 cm³/mol. The molecule has 0 fully saturated rings. The zero-order chi connectivity index (χ0) is 22.4. The van der Waals surface area contributed by atoms with Crippen LogP contribution in [0.1, 0.15) is 5.56 Å². The second kappa shape index (κ2) is 9.50. The minimum atomic E-state index is -1.06. The van der Waals surface area contributed by atoms with E-state index in [9.17, 15) is 19.2 Å². The van der Waals surface area contributed by atoms with Crippen molar-refractivity contribution in [3.63, 3.8) is 0 Å². The van der Waals surface area contributed by atoms with Crippen LogP contribution in [-0.2, 0) is 38.1 Å². The van der Waals surface area contributed by atoms with E-state index in [1.54, 1.807) is 12.1 Å². The van der Waals surface area contributed by atoms with Gasteiger partial charge in [0.05, 0.1) is 45.3 Å². The van der Waals surface area contributed by atoms with Crippen molar-refractivity contribution < 1.29 is 38.1 Å². The molecule has 0 atom stereocenters. The SMILES string of the molecule is COC(=O)C1=C(C(=O)OC)C(C(=O)OC)=C(C(=O)OC)C1=NNc1ccc(C)cc1. The van der Waals surface area contributed by atoms with Crippen LogP contribution in [0.5, 0.6) is 0 Å². The number of anilines is 1. The third kappa shape index (κ3) is 4.22. The third-order valence-corrected chi connectivity index (χ3v) is 4.13. The maximum atomic E-state index is 12.5. The van der Waals surface area contributed by atoms with Gasteiger partial charge >= 0.3 is 23.9 Å². The summed E-state index contributed by atoms with van der Waals surface area (Å²) in [6.45, 7) is 1.90. The largest absolute Gasteiger partial charge is 0.465 e. The Kier molecular flexibility index (Phi) is 7.08. The number of aryl methyl sites for hydroxylation is 1. The van der Waals surface area contributed by atoms with Gasteiger partial charge in [-0.3, -0.25) is 5.43 Å². The first-order valence-electron chi connectivity index (χ1n) is 8.53. The van der Waals surface area contributed by atoms with Gasteiger partial charge in [-0.15, -0.1) is 0 Å². The fraction of sp³-hybridized carbons (Fsp3) is 0.250. The molecule has 0 spiro atoms. The van der Waals surface area contributed by atoms with Gasteiger partial charge in [0.15, 0.2) is 0 Å². The Labute approximate surface area is 172 Å². The van der Waals surface area contributed by atoms with Gasteiger partial charge in [0.2, 0.25) is 0 Å². The van der Waals surface area contributed by atoms with Gasteiger partial charge in [-0.25, -0.2) is 19.2 Å². The van der Waals surface area contributed by atoms with E-state index < -0.39 is 46.2 Å². The van der Waals surface area contributed by atoms with Crippen LogP contribution < -0.4 is 5.43 Å². The molecule has 0 unspecified atom stereocenters. The van der Waals surface area contributed by atoms with E-state index in [-0.39, 0.29) is 5.71 Å². The highest BCUT2D eigenvalue weighted by molar-refractivity contribution is 6.43. The number of carbonyl (C=O) groups is 4. The van der Waals surface area contributed by atoms with Gasteiger partial charge in [0.25, 0.3) is 0 Å². The molecule has 2 rings (SSSR count). The molecule has 0 heterocycles. The molecule has 1 N–H and O–H groups in total. The molecule has 1 aliphatic carbocycles. The number of ether oxygens (including phenoxy) is 4. The van der Waals surface area contributed by atoms with Crippen LogP contribution in [0.4, 0.5) is 5.69 Å². The summed E-state index contributed by atoms with van der Waals surface area (Å²) >= 11 is 0. The molecule has 30 heavy (non-hydrogen) atoms. The molecule has 0 aromatic heterocycles. The smallest absolute Gasteiger partial charge is 0.341 e. The number of nitrogens with zero attached hydrogens (tertiary/aromatic N) is 1. The highest BCUT2D eigenvalue weighted by Crippen LogP contribution is 2.34. The van der Waals surface area contributed by atoms with E-state index >= 15 is 0 Å². The van der Waals surface area contributed by atoms with E-state index in [0.717, 1.165) is 34.0 Å². The lowest BCUT2D eigenvalue weighted by Gasteiger charge is -2.09. The summed E-state index contributed by atoms with van der Waals surface area (Å²) in [4.78, 5) is 49.9. The van der Waals surface area contributed by atoms with Crippen molar-refractivity contribution >= 4 is 35.3 Å². The summed E-state index contributed by atoms with van der Waals surface area (Å²) in [6.07, 6.45) is 0. The molecule has 1 aliphatic rings. The van der Waals surface area contributed by atoms with Crippen LogP contribution in [0.2, 0.25) is 0 Å². The van der Waals surface area contributed by atoms with Crippen molar-refractivity contribution in [2.75, 3.05) is 33.9 Å². The normalized spacial score (nSPS) is 13.0. The van der Waals surface area contributed by atoms with Crippen molar-refractivity contribution in [1.29, 1.82) is 0 Å². The molecule has 0 bridgehead atoms. The first kappa shape index (κ1) is 22.3. The quantitative estimate of drug-likeness (QED) is 0.411. The van der Waals surface area contributed by atoms with Crippen LogP contribution in [0.15, 0.2) is 51.7 Å². The molecular formula is C20H20N2O8. The van der Waals surface area contributed by atoms with Gasteiger partial charge < -0.3 is 18.9 Å². The highest BCUT2D eigenvalue weighted by Gasteiger charge is 2.45. The van der Waals surface area contributed by atoms with Crippen LogP contribution >= 0.6 is 0 Å². The molecule has 0 radical (unpaired) electrons. The number of hydrogen-bond acceptors (Lipinski definition) is 10. The summed E-state index contributed by atoms with van der Waals surface area (Å²) in [7, 11) is 4.25. The van der Waals surface area contributed by atoms with E-state index in [1.165, 1.54) is 0 Å². The van der Waals surface area contributed by atoms with E-state index in [2.05, 4.69) is 10.5 Å². The summed E-state index contributed by atoms with van der Waals surface area (Å²) in [6, 6.07) is 7.04. The summed E-state index contributed by atoms with van der Waals surface area (Å²) in [5.74, 6) is -4.14. The number of carbonyl (C=O) groups excluding carboxylic acids is 4.